The Bertz CT molecular complexity index is 417. The third kappa shape index (κ3) is 3.67. The van der Waals surface area contributed by atoms with E-state index < -0.39 is 0 Å². The van der Waals surface area contributed by atoms with E-state index in [0.29, 0.717) is 19.0 Å². The highest BCUT2D eigenvalue weighted by Crippen LogP contribution is 2.39. The summed E-state index contributed by atoms with van der Waals surface area (Å²) in [4.78, 5) is 14.6. The van der Waals surface area contributed by atoms with Crippen LogP contribution in [0.2, 0.25) is 0 Å². The van der Waals surface area contributed by atoms with Crippen LogP contribution in [0.25, 0.3) is 0 Å². The molecule has 0 bridgehead atoms. The standard InChI is InChI=1S/C15H20ClNOS/c1-15(8-5-11-19-15)14(18)17(10-9-16)12-13-6-3-2-4-7-13/h2-4,6-7H,5,8-12H2,1H3. The van der Waals surface area contributed by atoms with Gasteiger partial charge in [0.1, 0.15) is 0 Å². The largest absolute Gasteiger partial charge is 0.336 e. The van der Waals surface area contributed by atoms with Crippen LogP contribution in [0.5, 0.6) is 0 Å². The summed E-state index contributed by atoms with van der Waals surface area (Å²) in [5, 5.41) is 0. The lowest BCUT2D eigenvalue weighted by molar-refractivity contribution is -0.133. The summed E-state index contributed by atoms with van der Waals surface area (Å²) in [7, 11) is 0. The SMILES string of the molecule is CC1(C(=O)N(CCCl)Cc2ccccc2)CCCS1. The normalized spacial score (nSPS) is 22.4. The lowest BCUT2D eigenvalue weighted by Crippen LogP contribution is -2.44. The van der Waals surface area contributed by atoms with E-state index >= 15 is 0 Å². The van der Waals surface area contributed by atoms with Crippen molar-refractivity contribution in [2.45, 2.75) is 31.1 Å². The van der Waals surface area contributed by atoms with Gasteiger partial charge in [-0.2, -0.15) is 0 Å². The van der Waals surface area contributed by atoms with Crippen LogP contribution in [0.4, 0.5) is 0 Å². The molecule has 1 atom stereocenters. The number of hydrogen-bond donors (Lipinski definition) is 0. The molecule has 0 spiro atoms. The third-order valence-electron chi connectivity index (χ3n) is 3.53. The molecular weight excluding hydrogens is 278 g/mol. The number of benzene rings is 1. The van der Waals surface area contributed by atoms with Gasteiger partial charge in [0, 0.05) is 19.0 Å². The maximum absolute atomic E-state index is 12.7. The Hall–Kier alpha value is -0.670. The molecule has 19 heavy (non-hydrogen) atoms. The molecule has 0 aromatic heterocycles. The van der Waals surface area contributed by atoms with Gasteiger partial charge in [-0.3, -0.25) is 4.79 Å². The molecule has 1 aromatic rings. The minimum absolute atomic E-state index is 0.236. The van der Waals surface area contributed by atoms with E-state index in [9.17, 15) is 4.79 Å². The molecule has 1 aliphatic rings. The quantitative estimate of drug-likeness (QED) is 0.775. The zero-order chi connectivity index (χ0) is 13.7. The van der Waals surface area contributed by atoms with E-state index in [1.54, 1.807) is 11.8 Å². The molecule has 1 fully saturated rings. The van der Waals surface area contributed by atoms with Crippen molar-refractivity contribution in [3.8, 4) is 0 Å². The van der Waals surface area contributed by atoms with Crippen LogP contribution in [0, 0.1) is 0 Å². The zero-order valence-corrected chi connectivity index (χ0v) is 12.8. The van der Waals surface area contributed by atoms with Crippen LogP contribution >= 0.6 is 23.4 Å². The minimum Gasteiger partial charge on any atom is -0.336 e. The summed E-state index contributed by atoms with van der Waals surface area (Å²) in [6, 6.07) is 10.1. The van der Waals surface area contributed by atoms with Crippen LogP contribution in [0.15, 0.2) is 30.3 Å². The van der Waals surface area contributed by atoms with Crippen LogP contribution in [-0.2, 0) is 11.3 Å². The number of halogens is 1. The molecule has 1 aromatic carbocycles. The Morgan fingerprint density at radius 2 is 2.16 bits per heavy atom. The van der Waals surface area contributed by atoms with Crippen LogP contribution in [-0.4, -0.2) is 33.7 Å². The first-order chi connectivity index (χ1) is 9.15. The molecule has 2 nitrogen and oxygen atoms in total. The van der Waals surface area contributed by atoms with Crippen LogP contribution in [0.3, 0.4) is 0 Å². The highest BCUT2D eigenvalue weighted by atomic mass is 35.5. The maximum atomic E-state index is 12.7. The van der Waals surface area contributed by atoms with Gasteiger partial charge in [-0.05, 0) is 31.1 Å². The third-order valence-corrected chi connectivity index (χ3v) is 5.21. The fourth-order valence-corrected chi connectivity index (χ4v) is 3.92. The number of hydrogen-bond acceptors (Lipinski definition) is 2. The van der Waals surface area contributed by atoms with Gasteiger partial charge < -0.3 is 4.90 Å². The smallest absolute Gasteiger partial charge is 0.238 e. The number of carbonyl (C=O) groups is 1. The summed E-state index contributed by atoms with van der Waals surface area (Å²) in [6.45, 7) is 3.34. The highest BCUT2D eigenvalue weighted by Gasteiger charge is 2.39. The van der Waals surface area contributed by atoms with Crippen molar-refractivity contribution in [1.82, 2.24) is 4.90 Å². The summed E-state index contributed by atoms with van der Waals surface area (Å²) in [5.41, 5.74) is 1.16. The monoisotopic (exact) mass is 297 g/mol. The number of rotatable bonds is 5. The fourth-order valence-electron chi connectivity index (χ4n) is 2.44. The number of amides is 1. The molecule has 1 saturated heterocycles. The summed E-state index contributed by atoms with van der Waals surface area (Å²) < 4.78 is -0.249. The Labute approximate surface area is 124 Å². The highest BCUT2D eigenvalue weighted by molar-refractivity contribution is 8.01. The lowest BCUT2D eigenvalue weighted by Gasteiger charge is -2.30. The second kappa shape index (κ2) is 6.67. The molecule has 1 unspecified atom stereocenters. The Morgan fingerprint density at radius 1 is 1.42 bits per heavy atom. The number of carbonyl (C=O) groups excluding carboxylic acids is 1. The molecular formula is C15H20ClNOS. The Morgan fingerprint density at radius 3 is 2.74 bits per heavy atom. The van der Waals surface area contributed by atoms with E-state index in [4.69, 9.17) is 11.6 Å². The lowest BCUT2D eigenvalue weighted by atomic mass is 10.0. The van der Waals surface area contributed by atoms with Gasteiger partial charge in [0.25, 0.3) is 0 Å². The molecule has 2 rings (SSSR count). The van der Waals surface area contributed by atoms with E-state index in [0.717, 1.165) is 24.2 Å². The molecule has 1 amide bonds. The molecule has 1 heterocycles. The average Bonchev–Trinajstić information content (AvgIpc) is 2.87. The van der Waals surface area contributed by atoms with Gasteiger partial charge in [0.2, 0.25) is 5.91 Å². The molecule has 0 aliphatic carbocycles. The predicted octanol–water partition coefficient (Wildman–Crippen LogP) is 3.54. The Balaban J connectivity index is 2.09. The minimum atomic E-state index is -0.249. The second-order valence-corrected chi connectivity index (χ2v) is 7.06. The number of nitrogens with zero attached hydrogens (tertiary/aromatic N) is 1. The van der Waals surface area contributed by atoms with Crippen molar-refractivity contribution < 1.29 is 4.79 Å². The molecule has 1 aliphatic heterocycles. The zero-order valence-electron chi connectivity index (χ0n) is 11.3. The van der Waals surface area contributed by atoms with Gasteiger partial charge in [-0.15, -0.1) is 23.4 Å². The van der Waals surface area contributed by atoms with Crippen LogP contribution < -0.4 is 0 Å². The van der Waals surface area contributed by atoms with Crippen molar-refractivity contribution in [2.24, 2.45) is 0 Å². The van der Waals surface area contributed by atoms with Gasteiger partial charge in [-0.1, -0.05) is 30.3 Å². The van der Waals surface area contributed by atoms with E-state index in [1.807, 2.05) is 23.1 Å². The van der Waals surface area contributed by atoms with Crippen LogP contribution in [0.1, 0.15) is 25.3 Å². The van der Waals surface area contributed by atoms with Crippen molar-refractivity contribution in [2.75, 3.05) is 18.2 Å². The molecule has 0 saturated carbocycles. The van der Waals surface area contributed by atoms with Gasteiger partial charge in [0.05, 0.1) is 4.75 Å². The summed E-state index contributed by atoms with van der Waals surface area (Å²) in [6.07, 6.45) is 2.11. The van der Waals surface area contributed by atoms with Gasteiger partial charge in [0.15, 0.2) is 0 Å². The first-order valence-corrected chi connectivity index (χ1v) is 8.21. The molecule has 4 heteroatoms. The maximum Gasteiger partial charge on any atom is 0.238 e. The average molecular weight is 298 g/mol. The first-order valence-electron chi connectivity index (χ1n) is 6.69. The van der Waals surface area contributed by atoms with E-state index in [2.05, 4.69) is 19.1 Å². The molecule has 0 N–H and O–H groups in total. The summed E-state index contributed by atoms with van der Waals surface area (Å²) >= 11 is 7.64. The topological polar surface area (TPSA) is 20.3 Å². The Kier molecular flexibility index (Phi) is 5.17. The van der Waals surface area contributed by atoms with E-state index in [-0.39, 0.29) is 10.7 Å². The van der Waals surface area contributed by atoms with Crippen molar-refractivity contribution >= 4 is 29.3 Å². The molecule has 104 valence electrons. The molecule has 0 radical (unpaired) electrons. The number of alkyl halides is 1. The fraction of sp³-hybridized carbons (Fsp3) is 0.533. The first kappa shape index (κ1) is 14.7. The van der Waals surface area contributed by atoms with Crippen molar-refractivity contribution in [3.05, 3.63) is 35.9 Å². The predicted molar refractivity (Wildman–Crippen MR) is 82.7 cm³/mol. The second-order valence-electron chi connectivity index (χ2n) is 5.08. The number of thioether (sulfide) groups is 1. The summed E-state index contributed by atoms with van der Waals surface area (Å²) in [5.74, 6) is 1.81. The van der Waals surface area contributed by atoms with Crippen molar-refractivity contribution in [3.63, 3.8) is 0 Å². The van der Waals surface area contributed by atoms with Gasteiger partial charge >= 0.3 is 0 Å². The van der Waals surface area contributed by atoms with Gasteiger partial charge in [-0.25, -0.2) is 0 Å². The van der Waals surface area contributed by atoms with Crippen molar-refractivity contribution in [1.29, 1.82) is 0 Å². The van der Waals surface area contributed by atoms with E-state index in [1.165, 1.54) is 0 Å².